The maximum absolute atomic E-state index is 12.8. The van der Waals surface area contributed by atoms with Gasteiger partial charge in [0.25, 0.3) is 5.91 Å². The molecule has 0 unspecified atom stereocenters. The summed E-state index contributed by atoms with van der Waals surface area (Å²) in [5.74, 6) is -0.170. The van der Waals surface area contributed by atoms with Crippen LogP contribution < -0.4 is 5.32 Å². The van der Waals surface area contributed by atoms with Crippen molar-refractivity contribution < 1.29 is 4.79 Å². The van der Waals surface area contributed by atoms with E-state index in [2.05, 4.69) is 96.5 Å². The molecule has 47 heavy (non-hydrogen) atoms. The average molecular weight is 630 g/mol. The van der Waals surface area contributed by atoms with E-state index < -0.39 is 0 Å². The van der Waals surface area contributed by atoms with Crippen LogP contribution in [0.5, 0.6) is 0 Å². The predicted molar refractivity (Wildman–Crippen MR) is 191 cm³/mol. The van der Waals surface area contributed by atoms with E-state index in [1.165, 1.54) is 104 Å². The van der Waals surface area contributed by atoms with Gasteiger partial charge in [-0.1, -0.05) is 109 Å². The summed E-state index contributed by atoms with van der Waals surface area (Å²) in [6.07, 6.45) is 39.7. The van der Waals surface area contributed by atoms with Gasteiger partial charge < -0.3 is 9.88 Å². The zero-order valence-electron chi connectivity index (χ0n) is 28.8. The van der Waals surface area contributed by atoms with Crippen LogP contribution in [-0.4, -0.2) is 25.7 Å². The van der Waals surface area contributed by atoms with Crippen LogP contribution in [0.3, 0.4) is 0 Å². The van der Waals surface area contributed by atoms with Gasteiger partial charge in [0.15, 0.2) is 0 Å². The Morgan fingerprint density at radius 3 is 2.40 bits per heavy atom. The van der Waals surface area contributed by atoms with Crippen molar-refractivity contribution in [2.45, 2.75) is 111 Å². The van der Waals surface area contributed by atoms with Crippen molar-refractivity contribution in [2.24, 2.45) is 10.8 Å². The lowest BCUT2D eigenvalue weighted by Gasteiger charge is -2.43. The van der Waals surface area contributed by atoms with Gasteiger partial charge in [-0.25, -0.2) is 4.98 Å². The van der Waals surface area contributed by atoms with Crippen molar-refractivity contribution in [3.05, 3.63) is 118 Å². The van der Waals surface area contributed by atoms with Crippen LogP contribution >= 0.6 is 0 Å². The maximum Gasteiger partial charge on any atom is 0.257 e. The number of hydrogen-bond acceptors (Lipinski definition) is 4. The van der Waals surface area contributed by atoms with E-state index in [1.54, 1.807) is 12.3 Å². The van der Waals surface area contributed by atoms with Gasteiger partial charge in [0.2, 0.25) is 0 Å². The Morgan fingerprint density at radius 2 is 1.70 bits per heavy atom. The first-order valence-corrected chi connectivity index (χ1v) is 18.0. The number of unbranched alkanes of at least 4 members (excludes halogenated alkanes) is 9. The number of imidazole rings is 1. The van der Waals surface area contributed by atoms with Crippen molar-refractivity contribution in [3.8, 4) is 0 Å². The quantitative estimate of drug-likeness (QED) is 0.199. The number of carbonyl (C=O) groups is 1. The summed E-state index contributed by atoms with van der Waals surface area (Å²) in [7, 11) is 0. The molecule has 4 aliphatic rings. The molecule has 4 aliphatic carbocycles. The van der Waals surface area contributed by atoms with Gasteiger partial charge >= 0.3 is 0 Å². The Kier molecular flexibility index (Phi) is 10.0. The monoisotopic (exact) mass is 629 g/mol. The molecular weight excluding hydrogens is 578 g/mol. The van der Waals surface area contributed by atoms with Gasteiger partial charge in [0.05, 0.1) is 35.4 Å². The van der Waals surface area contributed by atoms with Gasteiger partial charge in [0.1, 0.15) is 0 Å². The maximum atomic E-state index is 12.8. The second-order valence-corrected chi connectivity index (χ2v) is 14.1. The smallest absolute Gasteiger partial charge is 0.257 e. The van der Waals surface area contributed by atoms with Gasteiger partial charge in [-0.05, 0) is 78.7 Å². The second kappa shape index (κ2) is 14.4. The SMILES string of the molecule is CCCCCCCCCCCCC1=C2C3=C(C=C[C@]2(C)C(n2cnc(CC)c2)=C1)[C@]1(C)CC=C(NC(=O)c2ccnnc2)C=C1C=C3. The third-order valence-electron chi connectivity index (χ3n) is 10.7. The molecular formula is C41H51N5O. The molecule has 2 heterocycles. The molecule has 2 atom stereocenters. The lowest BCUT2D eigenvalue weighted by Crippen LogP contribution is -2.33. The number of rotatable bonds is 15. The van der Waals surface area contributed by atoms with Crippen molar-refractivity contribution in [3.63, 3.8) is 0 Å². The zero-order chi connectivity index (χ0) is 32.9. The van der Waals surface area contributed by atoms with Crippen LogP contribution in [0.2, 0.25) is 0 Å². The van der Waals surface area contributed by atoms with E-state index in [1.807, 2.05) is 6.33 Å². The van der Waals surface area contributed by atoms with Crippen LogP contribution in [-0.2, 0) is 6.42 Å². The summed E-state index contributed by atoms with van der Waals surface area (Å²) in [6, 6.07) is 1.68. The van der Waals surface area contributed by atoms with Gasteiger partial charge in [-0.3, -0.25) is 4.79 Å². The molecule has 0 aliphatic heterocycles. The average Bonchev–Trinajstić information content (AvgIpc) is 3.68. The van der Waals surface area contributed by atoms with Crippen LogP contribution in [0.15, 0.2) is 107 Å². The first-order valence-electron chi connectivity index (χ1n) is 18.0. The molecule has 2 aromatic rings. The highest BCUT2D eigenvalue weighted by Gasteiger charge is 2.46. The lowest BCUT2D eigenvalue weighted by atomic mass is 9.61. The van der Waals surface area contributed by atoms with Crippen molar-refractivity contribution in [2.75, 3.05) is 0 Å². The van der Waals surface area contributed by atoms with Crippen molar-refractivity contribution in [1.29, 1.82) is 0 Å². The highest BCUT2D eigenvalue weighted by molar-refractivity contribution is 5.95. The molecule has 246 valence electrons. The first kappa shape index (κ1) is 32.9. The molecule has 0 bridgehead atoms. The minimum absolute atomic E-state index is 0.170. The summed E-state index contributed by atoms with van der Waals surface area (Å²) in [5, 5.41) is 10.7. The Morgan fingerprint density at radius 1 is 0.936 bits per heavy atom. The molecule has 0 aromatic carbocycles. The third kappa shape index (κ3) is 6.70. The number of hydrogen-bond donors (Lipinski definition) is 1. The number of nitrogens with zero attached hydrogens (tertiary/aromatic N) is 4. The zero-order valence-corrected chi connectivity index (χ0v) is 28.8. The number of allylic oxidation sites excluding steroid dienone is 13. The summed E-state index contributed by atoms with van der Waals surface area (Å²) >= 11 is 0. The fourth-order valence-electron chi connectivity index (χ4n) is 7.82. The molecule has 6 rings (SSSR count). The number of aromatic nitrogens is 4. The minimum Gasteiger partial charge on any atom is -0.322 e. The fourth-order valence-corrected chi connectivity index (χ4v) is 7.82. The van der Waals surface area contributed by atoms with Gasteiger partial charge in [0, 0.05) is 23.0 Å². The molecule has 0 saturated heterocycles. The first-order chi connectivity index (χ1) is 22.9. The molecule has 0 fully saturated rings. The molecule has 1 amide bonds. The molecule has 0 spiro atoms. The summed E-state index contributed by atoms with van der Waals surface area (Å²) < 4.78 is 2.26. The van der Waals surface area contributed by atoms with E-state index >= 15 is 0 Å². The van der Waals surface area contributed by atoms with E-state index in [9.17, 15) is 4.79 Å². The Hall–Kier alpha value is -4.06. The van der Waals surface area contributed by atoms with Crippen LogP contribution in [0.25, 0.3) is 5.70 Å². The molecule has 6 nitrogen and oxygen atoms in total. The Labute approximate surface area is 281 Å². The number of carbonyl (C=O) groups excluding carboxylic acids is 1. The molecule has 6 heteroatoms. The summed E-state index contributed by atoms with van der Waals surface area (Å²) in [5.41, 5.74) is 10.2. The molecule has 2 aromatic heterocycles. The number of nitrogens with one attached hydrogen (secondary N) is 1. The molecule has 0 saturated carbocycles. The highest BCUT2D eigenvalue weighted by Crippen LogP contribution is 2.59. The number of aryl methyl sites for hydroxylation is 1. The van der Waals surface area contributed by atoms with E-state index in [0.29, 0.717) is 5.56 Å². The summed E-state index contributed by atoms with van der Waals surface area (Å²) in [4.78, 5) is 17.5. The van der Waals surface area contributed by atoms with Crippen LogP contribution in [0, 0.1) is 10.8 Å². The highest BCUT2D eigenvalue weighted by atomic mass is 16.1. The third-order valence-corrected chi connectivity index (χ3v) is 10.7. The number of fused-ring (bicyclic) bond motifs is 4. The van der Waals surface area contributed by atoms with Crippen LogP contribution in [0.1, 0.15) is 121 Å². The van der Waals surface area contributed by atoms with Crippen molar-refractivity contribution >= 4 is 11.6 Å². The predicted octanol–water partition coefficient (Wildman–Crippen LogP) is 9.79. The normalized spacial score (nSPS) is 22.9. The second-order valence-electron chi connectivity index (χ2n) is 14.1. The topological polar surface area (TPSA) is 72.7 Å². The van der Waals surface area contributed by atoms with E-state index in [4.69, 9.17) is 4.98 Å². The van der Waals surface area contributed by atoms with Crippen molar-refractivity contribution in [1.82, 2.24) is 25.1 Å². The van der Waals surface area contributed by atoms with Gasteiger partial charge in [-0.2, -0.15) is 10.2 Å². The minimum atomic E-state index is -0.220. The standard InChI is InChI=1S/C41H51N5O/c1-5-7-8-9-10-11-12-13-14-15-16-30-25-37(46-28-33(6-2)42-29-46)41(4)23-20-36-35(38(30)41)18-17-32-26-34(19-22-40(32,36)3)45-39(47)31-21-24-43-44-27-31/h17-21,23-29H,5-16,22H2,1-4H3,(H,45,47)/t40-,41-/m1/s1. The molecule has 0 radical (unpaired) electrons. The summed E-state index contributed by atoms with van der Waals surface area (Å²) in [6.45, 7) is 9.19. The Balaban J connectivity index is 1.21. The Bertz CT molecular complexity index is 1700. The largest absolute Gasteiger partial charge is 0.322 e. The van der Waals surface area contributed by atoms with E-state index in [0.717, 1.165) is 30.7 Å². The molecule has 1 N–H and O–H groups in total. The van der Waals surface area contributed by atoms with Crippen LogP contribution in [0.4, 0.5) is 0 Å². The lowest BCUT2D eigenvalue weighted by molar-refractivity contribution is 0.0966. The van der Waals surface area contributed by atoms with Gasteiger partial charge in [-0.15, -0.1) is 0 Å². The number of amides is 1. The fraction of sp³-hybridized carbons (Fsp3) is 0.463. The van der Waals surface area contributed by atoms with E-state index in [-0.39, 0.29) is 16.7 Å².